The number of anilines is 1. The monoisotopic (exact) mass is 338 g/mol. The summed E-state index contributed by atoms with van der Waals surface area (Å²) in [6.45, 7) is 9.85. The van der Waals surface area contributed by atoms with E-state index in [0.717, 1.165) is 5.56 Å². The van der Waals surface area contributed by atoms with Gasteiger partial charge in [-0.1, -0.05) is 26.0 Å². The Kier molecular flexibility index (Phi) is 7.20. The van der Waals surface area contributed by atoms with E-state index in [2.05, 4.69) is 5.32 Å². The average Bonchev–Trinajstić information content (AvgIpc) is 2.35. The Labute approximate surface area is 144 Å². The van der Waals surface area contributed by atoms with Gasteiger partial charge in [-0.25, -0.2) is 4.79 Å². The first kappa shape index (κ1) is 20.4. The van der Waals surface area contributed by atoms with Crippen LogP contribution in [0.3, 0.4) is 0 Å². The van der Waals surface area contributed by atoms with Crippen molar-refractivity contribution in [1.29, 1.82) is 0 Å². The molecule has 0 radical (unpaired) electrons. The number of ether oxygens (including phenoxy) is 1. The zero-order valence-electron chi connectivity index (χ0n) is 15.4. The topological polar surface area (TPSA) is 82.0 Å². The van der Waals surface area contributed by atoms with Crippen LogP contribution in [0.25, 0.3) is 0 Å². The third-order valence-electron chi connectivity index (χ3n) is 3.50. The van der Waals surface area contributed by atoms with Crippen molar-refractivity contribution in [3.63, 3.8) is 0 Å². The van der Waals surface area contributed by atoms with Gasteiger partial charge in [-0.2, -0.15) is 0 Å². The van der Waals surface area contributed by atoms with Crippen LogP contribution in [0.2, 0.25) is 0 Å². The Morgan fingerprint density at radius 3 is 2.42 bits per heavy atom. The van der Waals surface area contributed by atoms with E-state index in [-0.39, 0.29) is 12.0 Å². The third kappa shape index (κ3) is 6.86. The van der Waals surface area contributed by atoms with E-state index < -0.39 is 18.0 Å². The molecule has 1 atom stereocenters. The van der Waals surface area contributed by atoms with Gasteiger partial charge in [0.05, 0.1) is 6.04 Å². The van der Waals surface area contributed by atoms with E-state index in [1.165, 1.54) is 0 Å². The van der Waals surface area contributed by atoms with Crippen LogP contribution in [0.1, 0.15) is 40.2 Å². The Bertz CT molecular complexity index is 530. The van der Waals surface area contributed by atoms with Crippen LogP contribution in [0, 0.1) is 5.92 Å². The number of benzene rings is 1. The van der Waals surface area contributed by atoms with Crippen molar-refractivity contribution in [1.82, 2.24) is 4.90 Å². The largest absolute Gasteiger partial charge is 0.444 e. The summed E-state index contributed by atoms with van der Waals surface area (Å²) >= 11 is 0. The second-order valence-electron chi connectivity index (χ2n) is 7.39. The van der Waals surface area contributed by atoms with Crippen molar-refractivity contribution in [2.24, 2.45) is 5.92 Å². The van der Waals surface area contributed by atoms with Gasteiger partial charge in [0.15, 0.2) is 6.29 Å². The molecule has 0 saturated heterocycles. The third-order valence-corrected chi connectivity index (χ3v) is 3.50. The number of rotatable bonds is 6. The molecule has 136 valence electrons. The predicted molar refractivity (Wildman–Crippen MR) is 94.6 cm³/mol. The van der Waals surface area contributed by atoms with Gasteiger partial charge in [0, 0.05) is 12.2 Å². The number of aliphatic hydroxyl groups is 2. The van der Waals surface area contributed by atoms with Gasteiger partial charge >= 0.3 is 6.09 Å². The summed E-state index contributed by atoms with van der Waals surface area (Å²) in [6, 6.07) is 7.04. The van der Waals surface area contributed by atoms with Crippen molar-refractivity contribution in [3.05, 3.63) is 29.8 Å². The first-order valence-electron chi connectivity index (χ1n) is 8.15. The normalized spacial score (nSPS) is 13.5. The smallest absolute Gasteiger partial charge is 0.412 e. The molecule has 24 heavy (non-hydrogen) atoms. The fourth-order valence-corrected chi connectivity index (χ4v) is 2.64. The fraction of sp³-hybridized carbons (Fsp3) is 0.611. The number of nitrogens with one attached hydrogen (secondary N) is 1. The highest BCUT2D eigenvalue weighted by atomic mass is 16.6. The Balaban J connectivity index is 2.76. The number of likely N-dealkylation sites (N-methyl/N-ethyl adjacent to an activating group) is 1. The lowest BCUT2D eigenvalue weighted by molar-refractivity contribution is -0.110. The van der Waals surface area contributed by atoms with Gasteiger partial charge in [0.2, 0.25) is 0 Å². The second kappa shape index (κ2) is 8.46. The number of carbonyl (C=O) groups is 1. The van der Waals surface area contributed by atoms with Crippen LogP contribution in [0.15, 0.2) is 24.3 Å². The summed E-state index contributed by atoms with van der Waals surface area (Å²) < 4.78 is 5.24. The maximum absolute atomic E-state index is 11.8. The maximum Gasteiger partial charge on any atom is 0.412 e. The SMILES string of the molecule is CC(C)[C@@H](C(O)O)N(C)Cc1cccc(NC(=O)OC(C)(C)C)c1. The van der Waals surface area contributed by atoms with Crippen LogP contribution in [-0.4, -0.2) is 46.2 Å². The molecule has 1 aromatic carbocycles. The zero-order chi connectivity index (χ0) is 18.5. The molecular weight excluding hydrogens is 308 g/mol. The van der Waals surface area contributed by atoms with Gasteiger partial charge in [-0.3, -0.25) is 10.2 Å². The summed E-state index contributed by atoms with van der Waals surface area (Å²) in [5.74, 6) is 0.0954. The van der Waals surface area contributed by atoms with Crippen molar-refractivity contribution >= 4 is 11.8 Å². The minimum atomic E-state index is -1.40. The Morgan fingerprint density at radius 1 is 1.29 bits per heavy atom. The van der Waals surface area contributed by atoms with Gasteiger partial charge in [0.25, 0.3) is 0 Å². The summed E-state index contributed by atoms with van der Waals surface area (Å²) in [5.41, 5.74) is 1.04. The minimum absolute atomic E-state index is 0.0954. The number of carbonyl (C=O) groups excluding carboxylic acids is 1. The molecule has 0 aliphatic heterocycles. The van der Waals surface area contributed by atoms with Crippen LogP contribution in [0.5, 0.6) is 0 Å². The summed E-state index contributed by atoms with van der Waals surface area (Å²) in [7, 11) is 1.85. The Morgan fingerprint density at radius 2 is 1.92 bits per heavy atom. The van der Waals surface area contributed by atoms with Crippen LogP contribution in [0.4, 0.5) is 10.5 Å². The first-order chi connectivity index (χ1) is 11.0. The van der Waals surface area contributed by atoms with Gasteiger partial charge in [-0.05, 0) is 51.4 Å². The van der Waals surface area contributed by atoms with Crippen molar-refractivity contribution in [3.8, 4) is 0 Å². The first-order valence-corrected chi connectivity index (χ1v) is 8.15. The highest BCUT2D eigenvalue weighted by Crippen LogP contribution is 2.18. The van der Waals surface area contributed by atoms with Crippen LogP contribution >= 0.6 is 0 Å². The molecule has 6 nitrogen and oxygen atoms in total. The summed E-state index contributed by atoms with van der Waals surface area (Å²) in [6.07, 6.45) is -1.91. The average molecular weight is 338 g/mol. The van der Waals surface area contributed by atoms with E-state index >= 15 is 0 Å². The maximum atomic E-state index is 11.8. The molecular formula is C18H30N2O4. The van der Waals surface area contributed by atoms with E-state index in [1.54, 1.807) is 6.07 Å². The van der Waals surface area contributed by atoms with Crippen LogP contribution < -0.4 is 5.32 Å². The fourth-order valence-electron chi connectivity index (χ4n) is 2.64. The number of aliphatic hydroxyl groups excluding tert-OH is 1. The number of amides is 1. The standard InChI is InChI=1S/C18H30N2O4/c1-12(2)15(16(21)22)20(6)11-13-8-7-9-14(10-13)19-17(23)24-18(3,4)5/h7-10,12,15-16,21-22H,11H2,1-6H3,(H,19,23)/t15-/m0/s1. The van der Waals surface area contributed by atoms with Gasteiger partial charge in [-0.15, -0.1) is 0 Å². The molecule has 0 fully saturated rings. The minimum Gasteiger partial charge on any atom is -0.444 e. The molecule has 1 aromatic rings. The molecule has 0 aliphatic carbocycles. The van der Waals surface area contributed by atoms with E-state index in [1.807, 2.05) is 64.8 Å². The van der Waals surface area contributed by atoms with E-state index in [9.17, 15) is 15.0 Å². The molecule has 0 saturated carbocycles. The number of hydrogen-bond acceptors (Lipinski definition) is 5. The predicted octanol–water partition coefficient (Wildman–Crippen LogP) is 2.80. The molecule has 0 aliphatic rings. The molecule has 3 N–H and O–H groups in total. The highest BCUT2D eigenvalue weighted by molar-refractivity contribution is 5.84. The second-order valence-corrected chi connectivity index (χ2v) is 7.39. The zero-order valence-corrected chi connectivity index (χ0v) is 15.4. The molecule has 0 heterocycles. The van der Waals surface area contributed by atoms with E-state index in [4.69, 9.17) is 4.74 Å². The summed E-state index contributed by atoms with van der Waals surface area (Å²) in [4.78, 5) is 13.7. The lowest BCUT2D eigenvalue weighted by atomic mass is 10.0. The molecule has 1 rings (SSSR count). The lowest BCUT2D eigenvalue weighted by Gasteiger charge is -2.32. The molecule has 0 spiro atoms. The van der Waals surface area contributed by atoms with Crippen LogP contribution in [-0.2, 0) is 11.3 Å². The molecule has 6 heteroatoms. The van der Waals surface area contributed by atoms with Gasteiger partial charge in [0.1, 0.15) is 5.60 Å². The number of nitrogens with zero attached hydrogens (tertiary/aromatic N) is 1. The van der Waals surface area contributed by atoms with Crippen molar-refractivity contribution in [2.45, 2.75) is 59.1 Å². The highest BCUT2D eigenvalue weighted by Gasteiger charge is 2.25. The molecule has 0 bridgehead atoms. The Hall–Kier alpha value is -1.63. The quantitative estimate of drug-likeness (QED) is 0.695. The molecule has 0 unspecified atom stereocenters. The number of hydrogen-bond donors (Lipinski definition) is 3. The van der Waals surface area contributed by atoms with Crippen molar-refractivity contribution < 1.29 is 19.7 Å². The lowest BCUT2D eigenvalue weighted by Crippen LogP contribution is -2.44. The molecule has 1 amide bonds. The van der Waals surface area contributed by atoms with E-state index in [0.29, 0.717) is 12.2 Å². The van der Waals surface area contributed by atoms with Gasteiger partial charge < -0.3 is 14.9 Å². The molecule has 0 aromatic heterocycles. The summed E-state index contributed by atoms with van der Waals surface area (Å²) in [5, 5.41) is 21.8. The van der Waals surface area contributed by atoms with Crippen molar-refractivity contribution in [2.75, 3.05) is 12.4 Å².